The minimum absolute atomic E-state index is 0.0494. The summed E-state index contributed by atoms with van der Waals surface area (Å²) in [6, 6.07) is 25.0. The summed E-state index contributed by atoms with van der Waals surface area (Å²) in [5.74, 6) is 0.153. The number of nitrogens with zero attached hydrogens (tertiary/aromatic N) is 1. The van der Waals surface area contributed by atoms with Crippen molar-refractivity contribution in [1.29, 1.82) is 0 Å². The van der Waals surface area contributed by atoms with Crippen molar-refractivity contribution in [1.82, 2.24) is 4.90 Å². The highest BCUT2D eigenvalue weighted by Gasteiger charge is 2.24. The number of hydrogen-bond donors (Lipinski definition) is 1. The van der Waals surface area contributed by atoms with Crippen molar-refractivity contribution in [2.45, 2.75) is 25.5 Å². The van der Waals surface area contributed by atoms with Gasteiger partial charge >= 0.3 is 0 Å². The van der Waals surface area contributed by atoms with E-state index < -0.39 is 0 Å². The van der Waals surface area contributed by atoms with Gasteiger partial charge in [-0.15, -0.1) is 0 Å². The molecule has 29 heavy (non-hydrogen) atoms. The highest BCUT2D eigenvalue weighted by Crippen LogP contribution is 2.23. The Bertz CT molecular complexity index is 947. The smallest absolute Gasteiger partial charge is 0.254 e. The van der Waals surface area contributed by atoms with Gasteiger partial charge in [-0.05, 0) is 42.2 Å². The van der Waals surface area contributed by atoms with Crippen LogP contribution in [0.15, 0.2) is 78.9 Å². The van der Waals surface area contributed by atoms with E-state index in [-0.39, 0.29) is 17.8 Å². The van der Waals surface area contributed by atoms with Crippen LogP contribution in [0.5, 0.6) is 5.75 Å². The van der Waals surface area contributed by atoms with Crippen LogP contribution >= 0.6 is 0 Å². The van der Waals surface area contributed by atoms with Crippen LogP contribution in [0.3, 0.4) is 0 Å². The first-order valence-electron chi connectivity index (χ1n) is 10.0. The molecule has 1 saturated heterocycles. The van der Waals surface area contributed by atoms with Crippen molar-refractivity contribution in [3.05, 3.63) is 90.0 Å². The summed E-state index contributed by atoms with van der Waals surface area (Å²) in [5.41, 5.74) is 3.57. The highest BCUT2D eigenvalue weighted by molar-refractivity contribution is 5.94. The van der Waals surface area contributed by atoms with Gasteiger partial charge in [0, 0.05) is 30.8 Å². The van der Waals surface area contributed by atoms with Gasteiger partial charge in [-0.1, -0.05) is 60.7 Å². The molecule has 1 aliphatic heterocycles. The Morgan fingerprint density at radius 2 is 1.62 bits per heavy atom. The van der Waals surface area contributed by atoms with E-state index in [0.717, 1.165) is 36.1 Å². The zero-order valence-corrected chi connectivity index (χ0v) is 16.3. The second kappa shape index (κ2) is 8.93. The lowest BCUT2D eigenvalue weighted by molar-refractivity contribution is 0.0506. The maximum atomic E-state index is 13.3. The Labute approximate surface area is 171 Å². The number of aromatic hydroxyl groups is 1. The number of carbonyl (C=O) groups excluding carboxylic acids is 1. The number of hydrogen-bond acceptors (Lipinski definition) is 3. The van der Waals surface area contributed by atoms with Crippen molar-refractivity contribution < 1.29 is 14.6 Å². The summed E-state index contributed by atoms with van der Waals surface area (Å²) < 4.78 is 5.76. The van der Waals surface area contributed by atoms with Crippen LogP contribution in [0.2, 0.25) is 0 Å². The van der Waals surface area contributed by atoms with E-state index in [0.29, 0.717) is 18.7 Å². The Balaban J connectivity index is 1.56. The topological polar surface area (TPSA) is 49.8 Å². The van der Waals surface area contributed by atoms with Crippen molar-refractivity contribution in [3.8, 4) is 16.9 Å². The maximum Gasteiger partial charge on any atom is 0.254 e. The zero-order valence-electron chi connectivity index (χ0n) is 16.3. The number of rotatable bonds is 6. The first-order chi connectivity index (χ1) is 14.2. The van der Waals surface area contributed by atoms with E-state index in [2.05, 4.69) is 12.1 Å². The number of amides is 1. The molecule has 1 unspecified atom stereocenters. The summed E-state index contributed by atoms with van der Waals surface area (Å²) in [6.45, 7) is 1.62. The fraction of sp³-hybridized carbons (Fsp3) is 0.240. The van der Waals surface area contributed by atoms with Crippen molar-refractivity contribution in [2.24, 2.45) is 0 Å². The summed E-state index contributed by atoms with van der Waals surface area (Å²) >= 11 is 0. The van der Waals surface area contributed by atoms with Crippen molar-refractivity contribution in [3.63, 3.8) is 0 Å². The van der Waals surface area contributed by atoms with Crippen LogP contribution < -0.4 is 0 Å². The van der Waals surface area contributed by atoms with Crippen LogP contribution in [0.1, 0.15) is 28.8 Å². The van der Waals surface area contributed by atoms with Gasteiger partial charge in [-0.25, -0.2) is 0 Å². The highest BCUT2D eigenvalue weighted by atomic mass is 16.5. The normalized spacial score (nSPS) is 15.9. The molecule has 1 amide bonds. The summed E-state index contributed by atoms with van der Waals surface area (Å²) in [4.78, 5) is 15.1. The molecule has 0 aromatic heterocycles. The first-order valence-corrected chi connectivity index (χ1v) is 10.0. The standard InChI is InChI=1S/C25H25NO3/c27-24-11-5-4-9-22(24)17-26(18-23-10-6-16-29-23)25(28)21-14-12-20(13-15-21)19-7-2-1-3-8-19/h1-5,7-9,11-15,23,27H,6,10,16-18H2. The predicted octanol–water partition coefficient (Wildman–Crippen LogP) is 4.88. The number of ether oxygens (including phenoxy) is 1. The molecular formula is C25H25NO3. The molecule has 1 fully saturated rings. The molecule has 4 rings (SSSR count). The van der Waals surface area contributed by atoms with Gasteiger partial charge in [0.25, 0.3) is 5.91 Å². The Morgan fingerprint density at radius 3 is 2.31 bits per heavy atom. The summed E-state index contributed by atoms with van der Waals surface area (Å²) in [6.07, 6.45) is 2.03. The number of phenols is 1. The maximum absolute atomic E-state index is 13.3. The second-order valence-corrected chi connectivity index (χ2v) is 7.39. The lowest BCUT2D eigenvalue weighted by Crippen LogP contribution is -2.37. The van der Waals surface area contributed by atoms with Crippen LogP contribution in [0, 0.1) is 0 Å². The third kappa shape index (κ3) is 4.66. The molecular weight excluding hydrogens is 362 g/mol. The molecule has 0 radical (unpaired) electrons. The first kappa shape index (κ1) is 19.2. The molecule has 0 aliphatic carbocycles. The van der Waals surface area contributed by atoms with Crippen molar-refractivity contribution in [2.75, 3.05) is 13.2 Å². The molecule has 4 nitrogen and oxygen atoms in total. The van der Waals surface area contributed by atoms with Crippen molar-refractivity contribution >= 4 is 5.91 Å². The van der Waals surface area contributed by atoms with Crippen LogP contribution in [0.25, 0.3) is 11.1 Å². The minimum Gasteiger partial charge on any atom is -0.508 e. The molecule has 148 valence electrons. The molecule has 3 aromatic rings. The fourth-order valence-corrected chi connectivity index (χ4v) is 3.72. The van der Waals surface area contributed by atoms with Gasteiger partial charge in [0.05, 0.1) is 6.10 Å². The third-order valence-electron chi connectivity index (χ3n) is 5.33. The Morgan fingerprint density at radius 1 is 0.931 bits per heavy atom. The van der Waals surface area contributed by atoms with Gasteiger partial charge < -0.3 is 14.7 Å². The molecule has 1 aliphatic rings. The van der Waals surface area contributed by atoms with Gasteiger partial charge in [-0.2, -0.15) is 0 Å². The summed E-state index contributed by atoms with van der Waals surface area (Å²) in [5, 5.41) is 10.2. The van der Waals surface area contributed by atoms with E-state index in [1.807, 2.05) is 54.6 Å². The Kier molecular flexibility index (Phi) is 5.92. The van der Waals surface area contributed by atoms with E-state index in [9.17, 15) is 9.90 Å². The molecule has 0 spiro atoms. The van der Waals surface area contributed by atoms with Gasteiger partial charge in [-0.3, -0.25) is 4.79 Å². The molecule has 0 saturated carbocycles. The van der Waals surface area contributed by atoms with Gasteiger partial charge in [0.2, 0.25) is 0 Å². The lowest BCUT2D eigenvalue weighted by Gasteiger charge is -2.26. The average molecular weight is 387 g/mol. The molecule has 1 atom stereocenters. The lowest BCUT2D eigenvalue weighted by atomic mass is 10.0. The number of para-hydroxylation sites is 1. The second-order valence-electron chi connectivity index (χ2n) is 7.39. The SMILES string of the molecule is O=C(c1ccc(-c2ccccc2)cc1)N(Cc1ccccc1O)CC1CCCO1. The molecule has 1 N–H and O–H groups in total. The van der Waals surface area contributed by atoms with E-state index in [1.54, 1.807) is 17.0 Å². The van der Waals surface area contributed by atoms with E-state index >= 15 is 0 Å². The van der Waals surface area contributed by atoms with E-state index in [4.69, 9.17) is 4.74 Å². The number of phenolic OH excluding ortho intramolecular Hbond substituents is 1. The third-order valence-corrected chi connectivity index (χ3v) is 5.33. The monoisotopic (exact) mass is 387 g/mol. The largest absolute Gasteiger partial charge is 0.508 e. The molecule has 3 aromatic carbocycles. The van der Waals surface area contributed by atoms with Gasteiger partial charge in [0.15, 0.2) is 0 Å². The average Bonchev–Trinajstić information content (AvgIpc) is 3.28. The van der Waals surface area contributed by atoms with Gasteiger partial charge in [0.1, 0.15) is 5.75 Å². The molecule has 1 heterocycles. The molecule has 4 heteroatoms. The molecule has 0 bridgehead atoms. The van der Waals surface area contributed by atoms with Crippen LogP contribution in [-0.2, 0) is 11.3 Å². The fourth-order valence-electron chi connectivity index (χ4n) is 3.72. The number of benzene rings is 3. The number of carbonyl (C=O) groups is 1. The van der Waals surface area contributed by atoms with E-state index in [1.165, 1.54) is 0 Å². The Hall–Kier alpha value is -3.11. The van der Waals surface area contributed by atoms with Crippen LogP contribution in [-0.4, -0.2) is 35.2 Å². The minimum atomic E-state index is -0.0524. The van der Waals surface area contributed by atoms with Crippen LogP contribution in [0.4, 0.5) is 0 Å². The zero-order chi connectivity index (χ0) is 20.1. The summed E-state index contributed by atoms with van der Waals surface area (Å²) in [7, 11) is 0. The quantitative estimate of drug-likeness (QED) is 0.656. The predicted molar refractivity (Wildman–Crippen MR) is 114 cm³/mol.